The molecule has 0 amide bonds. The number of sulfonamides is 1. The third-order valence-electron chi connectivity index (χ3n) is 4.33. The molecule has 1 saturated heterocycles. The van der Waals surface area contributed by atoms with Crippen molar-refractivity contribution in [3.63, 3.8) is 0 Å². The van der Waals surface area contributed by atoms with Crippen LogP contribution in [0.1, 0.15) is 24.5 Å². The van der Waals surface area contributed by atoms with E-state index in [2.05, 4.69) is 0 Å². The van der Waals surface area contributed by atoms with Crippen LogP contribution in [0.4, 0.5) is 0 Å². The molecular weight excluding hydrogens is 288 g/mol. The number of nitrogens with two attached hydrogens (primary N) is 1. The number of hydrogen-bond donors (Lipinski definition) is 1. The van der Waals surface area contributed by atoms with E-state index in [-0.39, 0.29) is 5.41 Å². The van der Waals surface area contributed by atoms with Crippen molar-refractivity contribution in [1.29, 1.82) is 0 Å². The van der Waals surface area contributed by atoms with E-state index < -0.39 is 10.0 Å². The monoisotopic (exact) mass is 312 g/mol. The molecule has 5 nitrogen and oxygen atoms in total. The Morgan fingerprint density at radius 2 is 2.00 bits per heavy atom. The van der Waals surface area contributed by atoms with Crippen molar-refractivity contribution in [3.8, 4) is 5.75 Å². The lowest BCUT2D eigenvalue weighted by Crippen LogP contribution is -2.34. The van der Waals surface area contributed by atoms with Crippen molar-refractivity contribution < 1.29 is 13.2 Å². The fourth-order valence-electron chi connectivity index (χ4n) is 2.75. The summed E-state index contributed by atoms with van der Waals surface area (Å²) in [6, 6.07) is 3.47. The van der Waals surface area contributed by atoms with E-state index in [0.717, 1.165) is 12.0 Å². The predicted molar refractivity (Wildman–Crippen MR) is 83.0 cm³/mol. The molecule has 0 spiro atoms. The molecule has 1 aromatic carbocycles. The molecule has 1 unspecified atom stereocenters. The Bertz CT molecular complexity index is 643. The summed E-state index contributed by atoms with van der Waals surface area (Å²) in [4.78, 5) is 0.363. The van der Waals surface area contributed by atoms with Gasteiger partial charge in [0.15, 0.2) is 0 Å². The van der Waals surface area contributed by atoms with Crippen molar-refractivity contribution in [2.75, 3.05) is 26.7 Å². The third-order valence-corrected chi connectivity index (χ3v) is 6.31. The molecule has 0 aromatic heterocycles. The average Bonchev–Trinajstić information content (AvgIpc) is 2.85. The lowest BCUT2D eigenvalue weighted by Gasteiger charge is -2.23. The fourth-order valence-corrected chi connectivity index (χ4v) is 4.63. The van der Waals surface area contributed by atoms with Crippen LogP contribution in [0.5, 0.6) is 5.75 Å². The number of rotatable bonds is 4. The van der Waals surface area contributed by atoms with E-state index in [9.17, 15) is 8.42 Å². The van der Waals surface area contributed by atoms with Crippen LogP contribution in [0.2, 0.25) is 0 Å². The molecule has 1 aromatic rings. The zero-order chi connectivity index (χ0) is 15.8. The maximum atomic E-state index is 12.9. The lowest BCUT2D eigenvalue weighted by atomic mass is 9.90. The highest BCUT2D eigenvalue weighted by molar-refractivity contribution is 7.89. The second-order valence-corrected chi connectivity index (χ2v) is 8.10. The standard InChI is InChI=1S/C15H24N2O3S/c1-11-8-14(12(2)7-13(11)20-4)21(18,19)17-6-5-15(3,9-16)10-17/h7-8H,5-6,9-10,16H2,1-4H3. The Balaban J connectivity index is 2.40. The molecule has 1 fully saturated rings. The Labute approximate surface area is 127 Å². The van der Waals surface area contributed by atoms with Crippen LogP contribution < -0.4 is 10.5 Å². The summed E-state index contributed by atoms with van der Waals surface area (Å²) >= 11 is 0. The van der Waals surface area contributed by atoms with Gasteiger partial charge in [0.2, 0.25) is 10.0 Å². The lowest BCUT2D eigenvalue weighted by molar-refractivity contribution is 0.349. The third kappa shape index (κ3) is 2.93. The van der Waals surface area contributed by atoms with Crippen LogP contribution in [-0.2, 0) is 10.0 Å². The Morgan fingerprint density at radius 1 is 1.33 bits per heavy atom. The zero-order valence-corrected chi connectivity index (χ0v) is 14.0. The van der Waals surface area contributed by atoms with Gasteiger partial charge in [-0.15, -0.1) is 0 Å². The molecule has 21 heavy (non-hydrogen) atoms. The largest absolute Gasteiger partial charge is 0.496 e. The number of benzene rings is 1. The van der Waals surface area contributed by atoms with Gasteiger partial charge < -0.3 is 10.5 Å². The molecule has 2 rings (SSSR count). The van der Waals surface area contributed by atoms with Crippen LogP contribution in [-0.4, -0.2) is 39.5 Å². The number of methoxy groups -OCH3 is 1. The molecule has 1 atom stereocenters. The van der Waals surface area contributed by atoms with E-state index in [1.807, 2.05) is 13.8 Å². The molecule has 0 aliphatic carbocycles. The van der Waals surface area contributed by atoms with E-state index in [1.165, 1.54) is 0 Å². The van der Waals surface area contributed by atoms with Gasteiger partial charge in [0.25, 0.3) is 0 Å². The smallest absolute Gasteiger partial charge is 0.243 e. The van der Waals surface area contributed by atoms with Crippen LogP contribution in [0.3, 0.4) is 0 Å². The minimum absolute atomic E-state index is 0.123. The number of hydrogen-bond acceptors (Lipinski definition) is 4. The predicted octanol–water partition coefficient (Wildman–Crippen LogP) is 1.67. The van der Waals surface area contributed by atoms with Crippen LogP contribution in [0.25, 0.3) is 0 Å². The summed E-state index contributed by atoms with van der Waals surface area (Å²) in [6.07, 6.45) is 0.802. The van der Waals surface area contributed by atoms with Crippen molar-refractivity contribution in [2.24, 2.45) is 11.1 Å². The number of nitrogens with zero attached hydrogens (tertiary/aromatic N) is 1. The zero-order valence-electron chi connectivity index (χ0n) is 13.1. The molecule has 118 valence electrons. The SMILES string of the molecule is COc1cc(C)c(S(=O)(=O)N2CCC(C)(CN)C2)cc1C. The molecule has 1 heterocycles. The van der Waals surface area contributed by atoms with Crippen LogP contribution >= 0.6 is 0 Å². The van der Waals surface area contributed by atoms with Gasteiger partial charge in [0.05, 0.1) is 12.0 Å². The summed E-state index contributed by atoms with van der Waals surface area (Å²) < 4.78 is 32.5. The topological polar surface area (TPSA) is 72.6 Å². The molecule has 2 N–H and O–H groups in total. The first-order valence-corrected chi connectivity index (χ1v) is 8.53. The second kappa shape index (κ2) is 5.59. The molecule has 0 saturated carbocycles. The van der Waals surface area contributed by atoms with Gasteiger partial charge in [0, 0.05) is 13.1 Å². The molecule has 1 aliphatic heterocycles. The van der Waals surface area contributed by atoms with Gasteiger partial charge in [-0.05, 0) is 55.5 Å². The average molecular weight is 312 g/mol. The summed E-state index contributed by atoms with van der Waals surface area (Å²) in [5.41, 5.74) is 7.17. The summed E-state index contributed by atoms with van der Waals surface area (Å²) in [7, 11) is -1.89. The van der Waals surface area contributed by atoms with Crippen molar-refractivity contribution in [3.05, 3.63) is 23.3 Å². The molecular formula is C15H24N2O3S. The highest BCUT2D eigenvalue weighted by atomic mass is 32.2. The van der Waals surface area contributed by atoms with Crippen molar-refractivity contribution in [1.82, 2.24) is 4.31 Å². The quantitative estimate of drug-likeness (QED) is 0.918. The molecule has 0 bridgehead atoms. The first kappa shape index (κ1) is 16.3. The molecule has 0 radical (unpaired) electrons. The summed E-state index contributed by atoms with van der Waals surface area (Å²) in [6.45, 7) is 7.20. The van der Waals surface area contributed by atoms with Gasteiger partial charge in [-0.1, -0.05) is 6.92 Å². The van der Waals surface area contributed by atoms with Crippen LogP contribution in [0, 0.1) is 19.3 Å². The number of ether oxygens (including phenoxy) is 1. The maximum absolute atomic E-state index is 12.9. The van der Waals surface area contributed by atoms with Gasteiger partial charge in [0.1, 0.15) is 5.75 Å². The highest BCUT2D eigenvalue weighted by Crippen LogP contribution is 2.34. The van der Waals surface area contributed by atoms with Gasteiger partial charge in [-0.2, -0.15) is 4.31 Å². The first-order valence-electron chi connectivity index (χ1n) is 7.09. The van der Waals surface area contributed by atoms with Gasteiger partial charge in [-0.3, -0.25) is 0 Å². The Hall–Kier alpha value is -1.11. The normalized spacial score (nSPS) is 23.5. The maximum Gasteiger partial charge on any atom is 0.243 e. The minimum Gasteiger partial charge on any atom is -0.496 e. The summed E-state index contributed by atoms with van der Waals surface area (Å²) in [5, 5.41) is 0. The molecule has 1 aliphatic rings. The van der Waals surface area contributed by atoms with Crippen molar-refractivity contribution in [2.45, 2.75) is 32.1 Å². The van der Waals surface area contributed by atoms with E-state index in [1.54, 1.807) is 30.5 Å². The van der Waals surface area contributed by atoms with Crippen LogP contribution in [0.15, 0.2) is 17.0 Å². The summed E-state index contributed by atoms with van der Waals surface area (Å²) in [5.74, 6) is 0.708. The van der Waals surface area contributed by atoms with E-state index in [4.69, 9.17) is 10.5 Å². The minimum atomic E-state index is -3.48. The highest BCUT2D eigenvalue weighted by Gasteiger charge is 2.39. The first-order chi connectivity index (χ1) is 9.73. The Kier molecular flexibility index (Phi) is 4.33. The second-order valence-electron chi connectivity index (χ2n) is 6.19. The van der Waals surface area contributed by atoms with E-state index >= 15 is 0 Å². The van der Waals surface area contributed by atoms with Crippen molar-refractivity contribution >= 4 is 10.0 Å². The Morgan fingerprint density at radius 3 is 2.52 bits per heavy atom. The number of aryl methyl sites for hydroxylation is 2. The van der Waals surface area contributed by atoms with Gasteiger partial charge >= 0.3 is 0 Å². The van der Waals surface area contributed by atoms with Gasteiger partial charge in [-0.25, -0.2) is 8.42 Å². The van der Waals surface area contributed by atoms with E-state index in [0.29, 0.717) is 35.8 Å². The fraction of sp³-hybridized carbons (Fsp3) is 0.600. The molecule has 6 heteroatoms.